The Hall–Kier alpha value is -4.64. The van der Waals surface area contributed by atoms with E-state index in [0.717, 1.165) is 28.0 Å². The van der Waals surface area contributed by atoms with Gasteiger partial charge in [-0.1, -0.05) is 48.5 Å². The second-order valence-corrected chi connectivity index (χ2v) is 7.94. The Balaban J connectivity index is 1.46. The van der Waals surface area contributed by atoms with Crippen LogP contribution >= 0.6 is 0 Å². The predicted octanol–water partition coefficient (Wildman–Crippen LogP) is 7.04. The number of ether oxygens (including phenoxy) is 2. The summed E-state index contributed by atoms with van der Waals surface area (Å²) in [6.45, 7) is 0. The lowest BCUT2D eigenvalue weighted by molar-refractivity contribution is 0.405. The van der Waals surface area contributed by atoms with Gasteiger partial charge in [-0.2, -0.15) is 0 Å². The Labute approximate surface area is 196 Å². The average molecular weight is 444 g/mol. The lowest BCUT2D eigenvalue weighted by Crippen LogP contribution is -1.96. The molecule has 3 heterocycles. The van der Waals surface area contributed by atoms with Gasteiger partial charge in [-0.05, 0) is 53.6 Å². The fraction of sp³-hybridized carbons (Fsp3) is 0.0345. The Bertz CT molecular complexity index is 1620. The minimum Gasteiger partial charge on any atom is -0.497 e. The third kappa shape index (κ3) is 3.53. The van der Waals surface area contributed by atoms with Crippen LogP contribution in [0.4, 0.5) is 0 Å². The third-order valence-electron chi connectivity index (χ3n) is 5.88. The van der Waals surface area contributed by atoms with Crippen molar-refractivity contribution in [3.05, 3.63) is 109 Å². The number of methoxy groups -OCH3 is 1. The summed E-state index contributed by atoms with van der Waals surface area (Å²) in [5, 5.41) is 2.40. The van der Waals surface area contributed by atoms with Crippen LogP contribution in [0.5, 0.6) is 17.4 Å². The molecule has 3 aromatic carbocycles. The molecule has 0 spiro atoms. The summed E-state index contributed by atoms with van der Waals surface area (Å²) >= 11 is 0. The van der Waals surface area contributed by atoms with E-state index in [1.807, 2.05) is 42.6 Å². The SMILES string of the molecule is COc1ccnc(Oc2cccc(-c3ccc4c5ccccc5n(-c5ccccn5)c4c3)c2)c1. The zero-order chi connectivity index (χ0) is 22.9. The number of aromatic nitrogens is 3. The van der Waals surface area contributed by atoms with Gasteiger partial charge in [-0.3, -0.25) is 4.57 Å². The molecule has 164 valence electrons. The number of nitrogens with zero attached hydrogens (tertiary/aromatic N) is 3. The quantitative estimate of drug-likeness (QED) is 0.287. The van der Waals surface area contributed by atoms with Gasteiger partial charge in [-0.15, -0.1) is 0 Å². The lowest BCUT2D eigenvalue weighted by Gasteiger charge is -2.10. The maximum absolute atomic E-state index is 6.01. The maximum Gasteiger partial charge on any atom is 0.222 e. The summed E-state index contributed by atoms with van der Waals surface area (Å²) in [5.74, 6) is 2.80. The molecular formula is C29H21N3O2. The molecule has 0 saturated heterocycles. The van der Waals surface area contributed by atoms with Crippen LogP contribution < -0.4 is 9.47 Å². The largest absolute Gasteiger partial charge is 0.497 e. The molecule has 6 rings (SSSR count). The highest BCUT2D eigenvalue weighted by Gasteiger charge is 2.14. The summed E-state index contributed by atoms with van der Waals surface area (Å²) in [6, 6.07) is 32.6. The van der Waals surface area contributed by atoms with Gasteiger partial charge in [-0.25, -0.2) is 9.97 Å². The van der Waals surface area contributed by atoms with Gasteiger partial charge >= 0.3 is 0 Å². The van der Waals surface area contributed by atoms with Crippen LogP contribution in [0.3, 0.4) is 0 Å². The van der Waals surface area contributed by atoms with Crippen molar-refractivity contribution < 1.29 is 9.47 Å². The molecule has 0 radical (unpaired) electrons. The van der Waals surface area contributed by atoms with Crippen molar-refractivity contribution in [2.24, 2.45) is 0 Å². The first-order valence-electron chi connectivity index (χ1n) is 11.0. The Morgan fingerprint density at radius 3 is 2.35 bits per heavy atom. The van der Waals surface area contributed by atoms with E-state index in [1.165, 1.54) is 10.8 Å². The van der Waals surface area contributed by atoms with E-state index in [0.29, 0.717) is 17.4 Å². The highest BCUT2D eigenvalue weighted by molar-refractivity contribution is 6.10. The molecule has 0 atom stereocenters. The molecule has 5 heteroatoms. The third-order valence-corrected chi connectivity index (χ3v) is 5.88. The van der Waals surface area contributed by atoms with Crippen LogP contribution in [0.2, 0.25) is 0 Å². The van der Waals surface area contributed by atoms with Gasteiger partial charge < -0.3 is 9.47 Å². The number of hydrogen-bond acceptors (Lipinski definition) is 4. The van der Waals surface area contributed by atoms with Crippen molar-refractivity contribution in [3.8, 4) is 34.3 Å². The van der Waals surface area contributed by atoms with Gasteiger partial charge in [0.05, 0.1) is 18.1 Å². The topological polar surface area (TPSA) is 49.2 Å². The molecule has 6 aromatic rings. The number of hydrogen-bond donors (Lipinski definition) is 0. The molecule has 0 N–H and O–H groups in total. The minimum absolute atomic E-state index is 0.488. The number of rotatable bonds is 5. The molecule has 0 amide bonds. The fourth-order valence-corrected chi connectivity index (χ4v) is 4.32. The van der Waals surface area contributed by atoms with Crippen LogP contribution in [0.15, 0.2) is 109 Å². The van der Waals surface area contributed by atoms with E-state index < -0.39 is 0 Å². The first-order chi connectivity index (χ1) is 16.8. The van der Waals surface area contributed by atoms with Crippen LogP contribution in [0, 0.1) is 0 Å². The molecule has 0 bridgehead atoms. The molecule has 0 saturated carbocycles. The number of para-hydroxylation sites is 1. The van der Waals surface area contributed by atoms with Gasteiger partial charge in [0.25, 0.3) is 0 Å². The van der Waals surface area contributed by atoms with Crippen molar-refractivity contribution in [3.63, 3.8) is 0 Å². The Kier molecular flexibility index (Phi) is 4.92. The standard InChI is InChI=1S/C29H21N3O2/c1-33-22-14-16-31-29(19-22)34-23-8-6-7-20(17-23)21-12-13-25-24-9-2-3-10-26(24)32(27(25)18-21)28-11-4-5-15-30-28/h2-19H,1H3. The minimum atomic E-state index is 0.488. The molecule has 34 heavy (non-hydrogen) atoms. The molecule has 3 aromatic heterocycles. The van der Waals surface area contributed by atoms with Crippen molar-refractivity contribution in [1.29, 1.82) is 0 Å². The van der Waals surface area contributed by atoms with Crippen LogP contribution in [0.25, 0.3) is 38.8 Å². The van der Waals surface area contributed by atoms with E-state index >= 15 is 0 Å². The highest BCUT2D eigenvalue weighted by atomic mass is 16.5. The summed E-state index contributed by atoms with van der Waals surface area (Å²) in [4.78, 5) is 8.91. The van der Waals surface area contributed by atoms with E-state index in [-0.39, 0.29) is 0 Å². The first-order valence-corrected chi connectivity index (χ1v) is 11.0. The monoisotopic (exact) mass is 443 g/mol. The summed E-state index contributed by atoms with van der Waals surface area (Å²) < 4.78 is 13.5. The smallest absolute Gasteiger partial charge is 0.222 e. The summed E-state index contributed by atoms with van der Waals surface area (Å²) in [7, 11) is 1.63. The van der Waals surface area contributed by atoms with Crippen molar-refractivity contribution >= 4 is 21.8 Å². The van der Waals surface area contributed by atoms with Crippen LogP contribution in [-0.2, 0) is 0 Å². The van der Waals surface area contributed by atoms with Crippen LogP contribution in [-0.4, -0.2) is 21.6 Å². The van der Waals surface area contributed by atoms with Gasteiger partial charge in [0.15, 0.2) is 0 Å². The van der Waals surface area contributed by atoms with Gasteiger partial charge in [0.1, 0.15) is 17.3 Å². The molecule has 5 nitrogen and oxygen atoms in total. The van der Waals surface area contributed by atoms with Gasteiger partial charge in [0, 0.05) is 29.2 Å². The number of benzene rings is 3. The average Bonchev–Trinajstić information content (AvgIpc) is 3.23. The molecular weight excluding hydrogens is 422 g/mol. The van der Waals surface area contributed by atoms with Gasteiger partial charge in [0.2, 0.25) is 5.88 Å². The maximum atomic E-state index is 6.01. The first kappa shape index (κ1) is 20.0. The van der Waals surface area contributed by atoms with E-state index in [9.17, 15) is 0 Å². The Morgan fingerprint density at radius 2 is 1.47 bits per heavy atom. The van der Waals surface area contributed by atoms with E-state index in [4.69, 9.17) is 9.47 Å². The van der Waals surface area contributed by atoms with Crippen molar-refractivity contribution in [2.75, 3.05) is 7.11 Å². The molecule has 0 aliphatic rings. The van der Waals surface area contributed by atoms with Crippen molar-refractivity contribution in [1.82, 2.24) is 14.5 Å². The fourth-order valence-electron chi connectivity index (χ4n) is 4.32. The highest BCUT2D eigenvalue weighted by Crippen LogP contribution is 2.35. The molecule has 0 aliphatic heterocycles. The Morgan fingerprint density at radius 1 is 0.618 bits per heavy atom. The lowest BCUT2D eigenvalue weighted by atomic mass is 10.0. The second-order valence-electron chi connectivity index (χ2n) is 7.94. The number of fused-ring (bicyclic) bond motifs is 3. The normalized spacial score (nSPS) is 11.1. The van der Waals surface area contributed by atoms with Crippen molar-refractivity contribution in [2.45, 2.75) is 0 Å². The molecule has 0 unspecified atom stereocenters. The summed E-state index contributed by atoms with van der Waals surface area (Å²) in [6.07, 6.45) is 3.50. The van der Waals surface area contributed by atoms with Crippen LogP contribution in [0.1, 0.15) is 0 Å². The predicted molar refractivity (Wildman–Crippen MR) is 135 cm³/mol. The summed E-state index contributed by atoms with van der Waals surface area (Å²) in [5.41, 5.74) is 4.39. The zero-order valence-electron chi connectivity index (χ0n) is 18.6. The second kappa shape index (κ2) is 8.37. The van der Waals surface area contributed by atoms with E-state index in [1.54, 1.807) is 25.4 Å². The zero-order valence-corrected chi connectivity index (χ0v) is 18.6. The number of pyridine rings is 2. The van der Waals surface area contributed by atoms with E-state index in [2.05, 4.69) is 63.1 Å². The molecule has 0 aliphatic carbocycles. The molecule has 0 fully saturated rings.